The largest absolute Gasteiger partial charge is 0.382 e. The third-order valence-corrected chi connectivity index (χ3v) is 4.36. The summed E-state index contributed by atoms with van der Waals surface area (Å²) in [4.78, 5) is 29.9. The molecule has 2 amide bonds. The molecule has 1 aromatic heterocycles. The van der Waals surface area contributed by atoms with Gasteiger partial charge in [-0.25, -0.2) is 4.98 Å². The molecule has 0 radical (unpaired) electrons. The average Bonchev–Trinajstić information content (AvgIpc) is 2.90. The molecule has 124 valence electrons. The van der Waals surface area contributed by atoms with E-state index in [1.165, 1.54) is 12.3 Å². The number of amides is 2. The Balaban J connectivity index is 1.71. The lowest BCUT2D eigenvalue weighted by atomic mass is 10.2. The van der Waals surface area contributed by atoms with E-state index in [0.717, 1.165) is 0 Å². The molecule has 6 nitrogen and oxygen atoms in total. The van der Waals surface area contributed by atoms with Crippen LogP contribution in [-0.2, 0) is 4.79 Å². The number of hydrogen-bond donors (Lipinski definition) is 2. The normalized spacial score (nSPS) is 17.2. The van der Waals surface area contributed by atoms with Crippen LogP contribution in [0, 0.1) is 0 Å². The van der Waals surface area contributed by atoms with Crippen molar-refractivity contribution in [1.29, 1.82) is 0 Å². The van der Waals surface area contributed by atoms with Crippen molar-refractivity contribution < 1.29 is 9.59 Å². The van der Waals surface area contributed by atoms with Crippen molar-refractivity contribution in [3.63, 3.8) is 0 Å². The maximum atomic E-state index is 12.3. The number of nitrogens with two attached hydrogens (primary N) is 1. The number of aromatic nitrogens is 1. The van der Waals surface area contributed by atoms with Gasteiger partial charge in [-0.3, -0.25) is 9.59 Å². The lowest BCUT2D eigenvalue weighted by molar-refractivity contribution is -0.117. The molecule has 2 aromatic rings. The van der Waals surface area contributed by atoms with Crippen molar-refractivity contribution in [3.05, 3.63) is 52.1 Å². The minimum Gasteiger partial charge on any atom is -0.382 e. The van der Waals surface area contributed by atoms with E-state index < -0.39 is 0 Å². The van der Waals surface area contributed by atoms with Gasteiger partial charge in [0.1, 0.15) is 5.82 Å². The summed E-state index contributed by atoms with van der Waals surface area (Å²) in [6.07, 6.45) is 1.55. The number of nitrogens with zero attached hydrogens (tertiary/aromatic N) is 2. The van der Waals surface area contributed by atoms with E-state index in [2.05, 4.69) is 10.3 Å². The molecule has 1 atom stereocenters. The molecule has 1 unspecified atom stereocenters. The van der Waals surface area contributed by atoms with Gasteiger partial charge < -0.3 is 16.0 Å². The Morgan fingerprint density at radius 2 is 2.04 bits per heavy atom. The van der Waals surface area contributed by atoms with Crippen molar-refractivity contribution in [3.8, 4) is 0 Å². The van der Waals surface area contributed by atoms with Crippen molar-refractivity contribution in [2.24, 2.45) is 0 Å². The second-order valence-electron chi connectivity index (χ2n) is 5.42. The highest BCUT2D eigenvalue weighted by molar-refractivity contribution is 6.34. The Morgan fingerprint density at radius 3 is 2.75 bits per heavy atom. The van der Waals surface area contributed by atoms with E-state index in [0.29, 0.717) is 17.3 Å². The molecular weight excluding hydrogens is 351 g/mol. The summed E-state index contributed by atoms with van der Waals surface area (Å²) in [5.41, 5.74) is 6.46. The van der Waals surface area contributed by atoms with Crippen molar-refractivity contribution in [2.75, 3.05) is 17.2 Å². The standard InChI is InChI=1S/C16H14Cl2N4O2/c17-11-3-1-2-4-13(11)22-8-10(6-14(22)23)21-16(24)9-5-12(18)15(19)20-7-9/h1-5,7,10H,6,8H2,(H2,19,20)(H,21,24). The number of pyridine rings is 1. The number of carbonyl (C=O) groups excluding carboxylic acids is 2. The van der Waals surface area contributed by atoms with E-state index in [1.807, 2.05) is 6.07 Å². The van der Waals surface area contributed by atoms with Gasteiger partial charge in [0.15, 0.2) is 0 Å². The Kier molecular flexibility index (Phi) is 4.59. The predicted molar refractivity (Wildman–Crippen MR) is 93.3 cm³/mol. The summed E-state index contributed by atoms with van der Waals surface area (Å²) >= 11 is 12.0. The Hall–Kier alpha value is -2.31. The summed E-state index contributed by atoms with van der Waals surface area (Å²) in [7, 11) is 0. The zero-order chi connectivity index (χ0) is 17.3. The van der Waals surface area contributed by atoms with Gasteiger partial charge in [0.05, 0.1) is 27.3 Å². The number of anilines is 2. The first-order chi connectivity index (χ1) is 11.5. The lowest BCUT2D eigenvalue weighted by Gasteiger charge is -2.18. The Labute approximate surface area is 148 Å². The highest BCUT2D eigenvalue weighted by atomic mass is 35.5. The molecule has 1 aromatic carbocycles. The minimum absolute atomic E-state index is 0.0955. The maximum absolute atomic E-state index is 12.3. The maximum Gasteiger partial charge on any atom is 0.253 e. The molecule has 8 heteroatoms. The van der Waals surface area contributed by atoms with Crippen LogP contribution in [0.3, 0.4) is 0 Å². The van der Waals surface area contributed by atoms with Gasteiger partial charge in [-0.2, -0.15) is 0 Å². The minimum atomic E-state index is -0.358. The lowest BCUT2D eigenvalue weighted by Crippen LogP contribution is -2.37. The van der Waals surface area contributed by atoms with Gasteiger partial charge in [0.25, 0.3) is 5.91 Å². The molecule has 1 aliphatic rings. The van der Waals surface area contributed by atoms with Crippen molar-refractivity contribution in [2.45, 2.75) is 12.5 Å². The zero-order valence-electron chi connectivity index (χ0n) is 12.5. The van der Waals surface area contributed by atoms with E-state index >= 15 is 0 Å². The number of carbonyl (C=O) groups is 2. The molecule has 1 aliphatic heterocycles. The number of benzene rings is 1. The third kappa shape index (κ3) is 3.29. The fourth-order valence-corrected chi connectivity index (χ4v) is 2.95. The van der Waals surface area contributed by atoms with Gasteiger partial charge >= 0.3 is 0 Å². The second-order valence-corrected chi connectivity index (χ2v) is 6.24. The second kappa shape index (κ2) is 6.67. The summed E-state index contributed by atoms with van der Waals surface area (Å²) in [6.45, 7) is 0.352. The van der Waals surface area contributed by atoms with Crippen LogP contribution >= 0.6 is 23.2 Å². The molecule has 0 aliphatic carbocycles. The van der Waals surface area contributed by atoms with Crippen molar-refractivity contribution in [1.82, 2.24) is 10.3 Å². The monoisotopic (exact) mass is 364 g/mol. The molecular formula is C16H14Cl2N4O2. The molecule has 1 saturated heterocycles. The fourth-order valence-electron chi connectivity index (χ4n) is 2.55. The topological polar surface area (TPSA) is 88.3 Å². The van der Waals surface area contributed by atoms with Crippen LogP contribution < -0.4 is 16.0 Å². The van der Waals surface area contributed by atoms with Crippen LogP contribution in [0.15, 0.2) is 36.5 Å². The van der Waals surface area contributed by atoms with Crippen LogP contribution in [0.4, 0.5) is 11.5 Å². The van der Waals surface area contributed by atoms with E-state index in [4.69, 9.17) is 28.9 Å². The van der Waals surface area contributed by atoms with Gasteiger partial charge in [-0.1, -0.05) is 35.3 Å². The quantitative estimate of drug-likeness (QED) is 0.875. The van der Waals surface area contributed by atoms with Crippen LogP contribution in [0.25, 0.3) is 0 Å². The molecule has 2 heterocycles. The van der Waals surface area contributed by atoms with Gasteiger partial charge in [-0.05, 0) is 18.2 Å². The number of nitrogens with one attached hydrogen (secondary N) is 1. The molecule has 24 heavy (non-hydrogen) atoms. The number of para-hydroxylation sites is 1. The number of hydrogen-bond acceptors (Lipinski definition) is 4. The summed E-state index contributed by atoms with van der Waals surface area (Å²) in [5, 5.41) is 3.51. The predicted octanol–water partition coefficient (Wildman–Crippen LogP) is 2.51. The first kappa shape index (κ1) is 16.5. The number of halogens is 2. The Morgan fingerprint density at radius 1 is 1.29 bits per heavy atom. The summed E-state index contributed by atoms with van der Waals surface area (Å²) < 4.78 is 0. The molecule has 0 bridgehead atoms. The molecule has 1 fully saturated rings. The van der Waals surface area contributed by atoms with Gasteiger partial charge in [0, 0.05) is 19.2 Å². The van der Waals surface area contributed by atoms with Crippen LogP contribution in [0.5, 0.6) is 0 Å². The van der Waals surface area contributed by atoms with E-state index in [-0.39, 0.29) is 40.7 Å². The van der Waals surface area contributed by atoms with Gasteiger partial charge in [-0.15, -0.1) is 0 Å². The smallest absolute Gasteiger partial charge is 0.253 e. The van der Waals surface area contributed by atoms with Crippen LogP contribution in [-0.4, -0.2) is 29.4 Å². The molecule has 3 N–H and O–H groups in total. The first-order valence-electron chi connectivity index (χ1n) is 7.22. The van der Waals surface area contributed by atoms with Crippen LogP contribution in [0.2, 0.25) is 10.0 Å². The molecule has 0 spiro atoms. The zero-order valence-corrected chi connectivity index (χ0v) is 14.0. The number of nitrogen functional groups attached to an aromatic ring is 1. The summed E-state index contributed by atoms with van der Waals surface area (Å²) in [5.74, 6) is -0.292. The van der Waals surface area contributed by atoms with Gasteiger partial charge in [0.2, 0.25) is 5.91 Å². The average molecular weight is 365 g/mol. The third-order valence-electron chi connectivity index (χ3n) is 3.74. The van der Waals surface area contributed by atoms with Crippen LogP contribution in [0.1, 0.15) is 16.8 Å². The SMILES string of the molecule is Nc1ncc(C(=O)NC2CC(=O)N(c3ccccc3Cl)C2)cc1Cl. The Bertz CT molecular complexity index is 812. The van der Waals surface area contributed by atoms with Crippen molar-refractivity contribution >= 4 is 46.5 Å². The molecule has 0 saturated carbocycles. The highest BCUT2D eigenvalue weighted by Gasteiger charge is 2.32. The van der Waals surface area contributed by atoms with E-state index in [9.17, 15) is 9.59 Å². The van der Waals surface area contributed by atoms with E-state index in [1.54, 1.807) is 23.1 Å². The molecule has 3 rings (SSSR count). The fraction of sp³-hybridized carbons (Fsp3) is 0.188. The highest BCUT2D eigenvalue weighted by Crippen LogP contribution is 2.29. The summed E-state index contributed by atoms with van der Waals surface area (Å²) in [6, 6.07) is 8.22. The number of rotatable bonds is 3. The first-order valence-corrected chi connectivity index (χ1v) is 7.98.